The average molecular weight is 330 g/mol. The molecular formula is C20H18N4O. The summed E-state index contributed by atoms with van der Waals surface area (Å²) in [6.45, 7) is 3.59. The number of aromatic nitrogens is 2. The van der Waals surface area contributed by atoms with E-state index in [1.807, 2.05) is 37.3 Å². The molecule has 0 amide bonds. The fraction of sp³-hybridized carbons (Fsp3) is 0.250. The highest BCUT2D eigenvalue weighted by Crippen LogP contribution is 2.28. The highest BCUT2D eigenvalue weighted by Gasteiger charge is 2.22. The number of aryl methyl sites for hydroxylation is 2. The molecule has 0 radical (unpaired) electrons. The summed E-state index contributed by atoms with van der Waals surface area (Å²) in [5.41, 5.74) is 4.59. The summed E-state index contributed by atoms with van der Waals surface area (Å²) in [4.78, 5) is 11.2. The molecule has 0 saturated carbocycles. The van der Waals surface area contributed by atoms with E-state index in [-0.39, 0.29) is 0 Å². The number of oxazole rings is 1. The first-order valence-corrected chi connectivity index (χ1v) is 8.39. The molecule has 1 aromatic carbocycles. The predicted octanol–water partition coefficient (Wildman–Crippen LogP) is 3.87. The Balaban J connectivity index is 1.67. The van der Waals surface area contributed by atoms with Crippen LogP contribution < -0.4 is 4.90 Å². The lowest BCUT2D eigenvalue weighted by molar-refractivity contribution is 0.511. The minimum absolute atomic E-state index is 0.578. The van der Waals surface area contributed by atoms with Gasteiger partial charge in [0.1, 0.15) is 11.5 Å². The molecule has 0 N–H and O–H groups in total. The van der Waals surface area contributed by atoms with Crippen LogP contribution >= 0.6 is 0 Å². The Hall–Kier alpha value is -3.13. The molecule has 3 heterocycles. The van der Waals surface area contributed by atoms with Crippen molar-refractivity contribution in [3.8, 4) is 17.7 Å². The highest BCUT2D eigenvalue weighted by atomic mass is 16.4. The Labute approximate surface area is 146 Å². The van der Waals surface area contributed by atoms with Gasteiger partial charge in [-0.1, -0.05) is 6.07 Å². The molecule has 0 spiro atoms. The maximum atomic E-state index is 9.22. The van der Waals surface area contributed by atoms with E-state index in [4.69, 9.17) is 4.42 Å². The zero-order chi connectivity index (χ0) is 17.2. The monoisotopic (exact) mass is 330 g/mol. The molecule has 0 bridgehead atoms. The van der Waals surface area contributed by atoms with Gasteiger partial charge >= 0.3 is 0 Å². The first-order valence-electron chi connectivity index (χ1n) is 8.39. The van der Waals surface area contributed by atoms with Crippen molar-refractivity contribution >= 4 is 5.69 Å². The average Bonchev–Trinajstić information content (AvgIpc) is 2.93. The van der Waals surface area contributed by atoms with Crippen LogP contribution in [0.5, 0.6) is 0 Å². The maximum absolute atomic E-state index is 9.22. The first-order chi connectivity index (χ1) is 12.2. The van der Waals surface area contributed by atoms with E-state index in [1.54, 1.807) is 6.20 Å². The van der Waals surface area contributed by atoms with Gasteiger partial charge in [0, 0.05) is 18.4 Å². The van der Waals surface area contributed by atoms with Crippen LogP contribution in [-0.4, -0.2) is 16.5 Å². The molecule has 0 atom stereocenters. The maximum Gasteiger partial charge on any atom is 0.245 e. The van der Waals surface area contributed by atoms with Gasteiger partial charge in [-0.15, -0.1) is 0 Å². The fourth-order valence-electron chi connectivity index (χ4n) is 3.22. The van der Waals surface area contributed by atoms with Crippen LogP contribution in [0.2, 0.25) is 0 Å². The molecule has 3 aromatic rings. The number of hydrogen-bond donors (Lipinski definition) is 0. The second kappa shape index (κ2) is 6.40. The number of pyridine rings is 1. The van der Waals surface area contributed by atoms with E-state index in [1.165, 1.54) is 0 Å². The molecule has 25 heavy (non-hydrogen) atoms. The Bertz CT molecular complexity index is 940. The van der Waals surface area contributed by atoms with Crippen molar-refractivity contribution in [1.29, 1.82) is 5.26 Å². The molecular weight excluding hydrogens is 312 g/mol. The quantitative estimate of drug-likeness (QED) is 0.713. The van der Waals surface area contributed by atoms with Crippen LogP contribution in [0.1, 0.15) is 29.0 Å². The number of hydrogen-bond acceptors (Lipinski definition) is 5. The molecule has 1 aliphatic rings. The van der Waals surface area contributed by atoms with E-state index in [0.717, 1.165) is 47.8 Å². The Morgan fingerprint density at radius 3 is 2.96 bits per heavy atom. The van der Waals surface area contributed by atoms with Gasteiger partial charge in [-0.3, -0.25) is 4.98 Å². The largest absolute Gasteiger partial charge is 0.438 e. The van der Waals surface area contributed by atoms with Crippen LogP contribution in [-0.2, 0) is 13.0 Å². The molecule has 5 nitrogen and oxygen atoms in total. The fourth-order valence-corrected chi connectivity index (χ4v) is 3.22. The van der Waals surface area contributed by atoms with E-state index in [9.17, 15) is 5.26 Å². The summed E-state index contributed by atoms with van der Waals surface area (Å²) in [6, 6.07) is 13.9. The van der Waals surface area contributed by atoms with Gasteiger partial charge < -0.3 is 9.32 Å². The van der Waals surface area contributed by atoms with Crippen molar-refractivity contribution in [1.82, 2.24) is 9.97 Å². The summed E-state index contributed by atoms with van der Waals surface area (Å²) in [7, 11) is 0. The van der Waals surface area contributed by atoms with Gasteiger partial charge in [0.05, 0.1) is 23.9 Å². The van der Waals surface area contributed by atoms with Crippen LogP contribution in [0.15, 0.2) is 47.0 Å². The molecule has 0 aliphatic carbocycles. The lowest BCUT2D eigenvalue weighted by Gasteiger charge is -2.22. The third kappa shape index (κ3) is 3.11. The summed E-state index contributed by atoms with van der Waals surface area (Å²) >= 11 is 0. The van der Waals surface area contributed by atoms with Gasteiger partial charge in [0.25, 0.3) is 0 Å². The summed E-state index contributed by atoms with van der Waals surface area (Å²) in [5.74, 6) is 1.47. The van der Waals surface area contributed by atoms with Gasteiger partial charge in [0.2, 0.25) is 5.89 Å². The summed E-state index contributed by atoms with van der Waals surface area (Å²) < 4.78 is 6.03. The Kier molecular flexibility index (Phi) is 3.95. The van der Waals surface area contributed by atoms with Crippen LogP contribution in [0.25, 0.3) is 11.6 Å². The normalized spacial score (nSPS) is 13.8. The molecule has 0 saturated heterocycles. The van der Waals surface area contributed by atoms with E-state index >= 15 is 0 Å². The molecule has 2 aromatic heterocycles. The van der Waals surface area contributed by atoms with Gasteiger partial charge in [0.15, 0.2) is 0 Å². The van der Waals surface area contributed by atoms with Crippen molar-refractivity contribution in [3.63, 3.8) is 0 Å². The second-order valence-electron chi connectivity index (χ2n) is 6.30. The van der Waals surface area contributed by atoms with Gasteiger partial charge in [-0.05, 0) is 55.7 Å². The topological polar surface area (TPSA) is 66.0 Å². The van der Waals surface area contributed by atoms with Crippen LogP contribution in [0.3, 0.4) is 0 Å². The number of nitriles is 1. The molecule has 0 unspecified atom stereocenters. The number of fused-ring (bicyclic) bond motifs is 1. The molecule has 1 aliphatic heterocycles. The molecule has 4 rings (SSSR count). The van der Waals surface area contributed by atoms with Crippen molar-refractivity contribution in [2.45, 2.75) is 26.3 Å². The second-order valence-corrected chi connectivity index (χ2v) is 6.30. The SMILES string of the molecule is Cc1cc(C#N)cc(N2CCCc3nc(-c4ccccn4)oc3C2)c1. The molecule has 0 fully saturated rings. The number of nitrogens with zero attached hydrogens (tertiary/aromatic N) is 4. The van der Waals surface area contributed by atoms with Crippen LogP contribution in [0, 0.1) is 18.3 Å². The minimum atomic E-state index is 0.578. The number of rotatable bonds is 2. The summed E-state index contributed by atoms with van der Waals surface area (Å²) in [5, 5.41) is 9.22. The molecule has 5 heteroatoms. The number of benzene rings is 1. The van der Waals surface area contributed by atoms with Crippen molar-refractivity contribution in [2.75, 3.05) is 11.4 Å². The zero-order valence-corrected chi connectivity index (χ0v) is 14.1. The van der Waals surface area contributed by atoms with E-state index < -0.39 is 0 Å². The van der Waals surface area contributed by atoms with Crippen molar-refractivity contribution in [2.24, 2.45) is 0 Å². The van der Waals surface area contributed by atoms with Crippen molar-refractivity contribution < 1.29 is 4.42 Å². The lowest BCUT2D eigenvalue weighted by Crippen LogP contribution is -2.22. The van der Waals surface area contributed by atoms with Gasteiger partial charge in [-0.2, -0.15) is 5.26 Å². The van der Waals surface area contributed by atoms with E-state index in [2.05, 4.69) is 27.0 Å². The van der Waals surface area contributed by atoms with Crippen LogP contribution in [0.4, 0.5) is 5.69 Å². The Morgan fingerprint density at radius 1 is 1.24 bits per heavy atom. The first kappa shape index (κ1) is 15.4. The summed E-state index contributed by atoms with van der Waals surface area (Å²) in [6.07, 6.45) is 3.63. The predicted molar refractivity (Wildman–Crippen MR) is 95.0 cm³/mol. The van der Waals surface area contributed by atoms with Crippen molar-refractivity contribution in [3.05, 3.63) is 65.2 Å². The third-order valence-electron chi connectivity index (χ3n) is 4.39. The minimum Gasteiger partial charge on any atom is -0.438 e. The zero-order valence-electron chi connectivity index (χ0n) is 14.1. The Morgan fingerprint density at radius 2 is 2.16 bits per heavy atom. The van der Waals surface area contributed by atoms with E-state index in [0.29, 0.717) is 18.0 Å². The molecule has 124 valence electrons. The lowest BCUT2D eigenvalue weighted by atomic mass is 10.1. The van der Waals surface area contributed by atoms with Gasteiger partial charge in [-0.25, -0.2) is 4.98 Å². The smallest absolute Gasteiger partial charge is 0.245 e. The standard InChI is InChI=1S/C20H18N4O/c1-14-9-15(12-21)11-16(10-14)24-8-4-6-17-19(13-24)25-20(23-17)18-5-2-3-7-22-18/h2-3,5,7,9-11H,4,6,8,13H2,1H3. The number of anilines is 1. The third-order valence-corrected chi connectivity index (χ3v) is 4.39. The highest BCUT2D eigenvalue weighted by molar-refractivity contribution is 5.55.